The van der Waals surface area contributed by atoms with E-state index in [4.69, 9.17) is 11.6 Å². The molecule has 1 aromatic carbocycles. The highest BCUT2D eigenvalue weighted by molar-refractivity contribution is 9.25. The van der Waals surface area contributed by atoms with Crippen LogP contribution >= 0.6 is 43.5 Å². The lowest BCUT2D eigenvalue weighted by atomic mass is 10.1. The van der Waals surface area contributed by atoms with E-state index in [1.54, 1.807) is 0 Å². The van der Waals surface area contributed by atoms with Gasteiger partial charge in [-0.2, -0.15) is 0 Å². The van der Waals surface area contributed by atoms with E-state index in [1.807, 2.05) is 0 Å². The SMILES string of the molecule is O=C(c1ccc(Cl)cc1F)C(Br)Br. The summed E-state index contributed by atoms with van der Waals surface area (Å²) < 4.78 is 12.5. The maximum Gasteiger partial charge on any atom is 0.190 e. The van der Waals surface area contributed by atoms with Crippen LogP contribution < -0.4 is 0 Å². The van der Waals surface area contributed by atoms with Gasteiger partial charge in [0.2, 0.25) is 0 Å². The summed E-state index contributed by atoms with van der Waals surface area (Å²) in [5.41, 5.74) is 0.0168. The van der Waals surface area contributed by atoms with Crippen LogP contribution in [-0.2, 0) is 0 Å². The standard InChI is InChI=1S/C8H4Br2ClFO/c9-8(10)7(13)5-2-1-4(11)3-6(5)12/h1-3,8H. The van der Waals surface area contributed by atoms with Crippen molar-refractivity contribution in [2.24, 2.45) is 0 Å². The van der Waals surface area contributed by atoms with E-state index in [1.165, 1.54) is 12.1 Å². The summed E-state index contributed by atoms with van der Waals surface area (Å²) in [6.45, 7) is 0. The molecule has 5 heteroatoms. The summed E-state index contributed by atoms with van der Waals surface area (Å²) in [6.07, 6.45) is 0. The Morgan fingerprint density at radius 1 is 1.46 bits per heavy atom. The molecule has 0 spiro atoms. The monoisotopic (exact) mass is 328 g/mol. The lowest BCUT2D eigenvalue weighted by Crippen LogP contribution is -2.09. The largest absolute Gasteiger partial charge is 0.292 e. The molecule has 0 aromatic heterocycles. The van der Waals surface area contributed by atoms with E-state index in [-0.39, 0.29) is 16.4 Å². The average molecular weight is 330 g/mol. The Morgan fingerprint density at radius 3 is 2.54 bits per heavy atom. The van der Waals surface area contributed by atoms with E-state index in [0.717, 1.165) is 6.07 Å². The molecular weight excluding hydrogens is 326 g/mol. The van der Waals surface area contributed by atoms with Gasteiger partial charge < -0.3 is 0 Å². The fourth-order valence-corrected chi connectivity index (χ4v) is 1.46. The number of hydrogen-bond acceptors (Lipinski definition) is 1. The molecule has 70 valence electrons. The average Bonchev–Trinajstić information content (AvgIpc) is 2.03. The fraction of sp³-hybridized carbons (Fsp3) is 0.125. The van der Waals surface area contributed by atoms with Crippen molar-refractivity contribution in [3.05, 3.63) is 34.6 Å². The first-order chi connectivity index (χ1) is 6.02. The van der Waals surface area contributed by atoms with Gasteiger partial charge in [-0.25, -0.2) is 4.39 Å². The normalized spacial score (nSPS) is 10.5. The quantitative estimate of drug-likeness (QED) is 0.596. The zero-order chi connectivity index (χ0) is 10.0. The Kier molecular flexibility index (Phi) is 3.88. The van der Waals surface area contributed by atoms with E-state index in [2.05, 4.69) is 31.9 Å². The van der Waals surface area contributed by atoms with Crippen LogP contribution in [0.5, 0.6) is 0 Å². The van der Waals surface area contributed by atoms with Gasteiger partial charge in [0.05, 0.1) is 5.56 Å². The number of ketones is 1. The van der Waals surface area contributed by atoms with Gasteiger partial charge in [0.25, 0.3) is 0 Å². The zero-order valence-electron chi connectivity index (χ0n) is 6.23. The van der Waals surface area contributed by atoms with Crippen LogP contribution in [0.3, 0.4) is 0 Å². The Morgan fingerprint density at radius 2 is 2.08 bits per heavy atom. The third-order valence-corrected chi connectivity index (χ3v) is 2.46. The molecule has 0 aliphatic carbocycles. The number of benzene rings is 1. The highest BCUT2D eigenvalue weighted by atomic mass is 79.9. The van der Waals surface area contributed by atoms with Gasteiger partial charge in [0, 0.05) is 5.02 Å². The molecule has 13 heavy (non-hydrogen) atoms. The van der Waals surface area contributed by atoms with Gasteiger partial charge in [0.15, 0.2) is 5.78 Å². The van der Waals surface area contributed by atoms with Crippen LogP contribution in [0.15, 0.2) is 18.2 Å². The molecule has 0 bridgehead atoms. The Balaban J connectivity index is 3.09. The predicted molar refractivity (Wildman–Crippen MR) is 57.4 cm³/mol. The third-order valence-electron chi connectivity index (χ3n) is 1.39. The van der Waals surface area contributed by atoms with Crippen LogP contribution in [0.4, 0.5) is 4.39 Å². The van der Waals surface area contributed by atoms with Crippen molar-refractivity contribution in [1.29, 1.82) is 0 Å². The second-order valence-electron chi connectivity index (χ2n) is 2.29. The van der Waals surface area contributed by atoms with Gasteiger partial charge in [-0.3, -0.25) is 4.79 Å². The minimum atomic E-state index is -0.610. The summed E-state index contributed by atoms with van der Waals surface area (Å²) >= 11 is 11.5. The van der Waals surface area contributed by atoms with Crippen molar-refractivity contribution in [3.8, 4) is 0 Å². The van der Waals surface area contributed by atoms with Gasteiger partial charge in [-0.05, 0) is 18.2 Å². The van der Waals surface area contributed by atoms with Crippen LogP contribution in [0.1, 0.15) is 10.4 Å². The number of carbonyl (C=O) groups excluding carboxylic acids is 1. The first-order valence-corrected chi connectivity index (χ1v) is 5.50. The zero-order valence-corrected chi connectivity index (χ0v) is 10.2. The summed E-state index contributed by atoms with van der Waals surface area (Å²) in [7, 11) is 0. The van der Waals surface area contributed by atoms with Crippen molar-refractivity contribution < 1.29 is 9.18 Å². The van der Waals surface area contributed by atoms with Gasteiger partial charge in [-0.15, -0.1) is 0 Å². The molecule has 0 N–H and O–H groups in total. The van der Waals surface area contributed by atoms with E-state index >= 15 is 0 Å². The van der Waals surface area contributed by atoms with Crippen LogP contribution in [0.2, 0.25) is 5.02 Å². The highest BCUT2D eigenvalue weighted by Gasteiger charge is 2.17. The lowest BCUT2D eigenvalue weighted by Gasteiger charge is -2.02. The highest BCUT2D eigenvalue weighted by Crippen LogP contribution is 2.20. The Hall–Kier alpha value is 0.0700. The summed E-state index contributed by atoms with van der Waals surface area (Å²) in [5, 5.41) is 0.273. The number of rotatable bonds is 2. The maximum atomic E-state index is 13.1. The first-order valence-electron chi connectivity index (χ1n) is 3.30. The van der Waals surface area contributed by atoms with Crippen LogP contribution in [0, 0.1) is 5.82 Å². The second kappa shape index (κ2) is 4.53. The molecule has 0 saturated carbocycles. The van der Waals surface area contributed by atoms with E-state index < -0.39 is 9.55 Å². The molecule has 1 rings (SSSR count). The van der Waals surface area contributed by atoms with Crippen molar-refractivity contribution in [3.63, 3.8) is 0 Å². The first kappa shape index (κ1) is 11.1. The van der Waals surface area contributed by atoms with Crippen molar-refractivity contribution in [1.82, 2.24) is 0 Å². The van der Waals surface area contributed by atoms with Crippen molar-refractivity contribution in [2.75, 3.05) is 0 Å². The number of halogens is 4. The number of hydrogen-bond donors (Lipinski definition) is 0. The summed E-state index contributed by atoms with van der Waals surface area (Å²) in [5.74, 6) is -0.976. The molecule has 0 saturated heterocycles. The number of alkyl halides is 2. The smallest absolute Gasteiger partial charge is 0.190 e. The van der Waals surface area contributed by atoms with Gasteiger partial charge in [0.1, 0.15) is 9.55 Å². The molecule has 0 aliphatic rings. The van der Waals surface area contributed by atoms with Crippen molar-refractivity contribution in [2.45, 2.75) is 3.74 Å². The molecule has 0 radical (unpaired) electrons. The number of Topliss-reactive ketones (excluding diaryl/α,β-unsaturated/α-hetero) is 1. The van der Waals surface area contributed by atoms with Gasteiger partial charge in [-0.1, -0.05) is 43.5 Å². The molecule has 0 aliphatic heterocycles. The van der Waals surface area contributed by atoms with Crippen LogP contribution in [0.25, 0.3) is 0 Å². The molecule has 0 heterocycles. The topological polar surface area (TPSA) is 17.1 Å². The van der Waals surface area contributed by atoms with E-state index in [9.17, 15) is 9.18 Å². The Bertz CT molecular complexity index is 341. The summed E-state index contributed by atoms with van der Waals surface area (Å²) in [6, 6.07) is 3.94. The summed E-state index contributed by atoms with van der Waals surface area (Å²) in [4.78, 5) is 11.3. The molecule has 0 amide bonds. The minimum absolute atomic E-state index is 0.0168. The number of carbonyl (C=O) groups is 1. The maximum absolute atomic E-state index is 13.1. The molecule has 0 fully saturated rings. The van der Waals surface area contributed by atoms with E-state index in [0.29, 0.717) is 0 Å². The third kappa shape index (κ3) is 2.76. The molecule has 0 unspecified atom stereocenters. The predicted octanol–water partition coefficient (Wildman–Crippen LogP) is 3.78. The Labute approximate surface area is 96.5 Å². The fourth-order valence-electron chi connectivity index (χ4n) is 0.807. The molecule has 1 aromatic rings. The van der Waals surface area contributed by atoms with Crippen LogP contribution in [-0.4, -0.2) is 9.52 Å². The van der Waals surface area contributed by atoms with Gasteiger partial charge >= 0.3 is 0 Å². The second-order valence-corrected chi connectivity index (χ2v) is 5.79. The lowest BCUT2D eigenvalue weighted by molar-refractivity contribution is 0.101. The molecular formula is C8H4Br2ClFO. The molecule has 0 atom stereocenters. The molecule has 1 nitrogen and oxygen atoms in total. The minimum Gasteiger partial charge on any atom is -0.292 e. The van der Waals surface area contributed by atoms with Crippen molar-refractivity contribution >= 4 is 49.2 Å².